The van der Waals surface area contributed by atoms with Crippen LogP contribution in [0.15, 0.2) is 22.8 Å². The van der Waals surface area contributed by atoms with Crippen molar-refractivity contribution in [2.24, 2.45) is 11.8 Å². The van der Waals surface area contributed by atoms with Crippen LogP contribution in [0, 0.1) is 11.8 Å². The fourth-order valence-electron chi connectivity index (χ4n) is 3.64. The number of piperidine rings is 1. The summed E-state index contributed by atoms with van der Waals surface area (Å²) in [5.41, 5.74) is 0. The monoisotopic (exact) mass is 347 g/mol. The molecule has 1 aromatic rings. The van der Waals surface area contributed by atoms with Crippen LogP contribution in [0.25, 0.3) is 0 Å². The summed E-state index contributed by atoms with van der Waals surface area (Å²) >= 11 is 0. The van der Waals surface area contributed by atoms with Crippen LogP contribution in [0.4, 0.5) is 0 Å². The Balaban J connectivity index is 1.34. The number of furan rings is 1. The summed E-state index contributed by atoms with van der Waals surface area (Å²) in [6.07, 6.45) is 5.43. The summed E-state index contributed by atoms with van der Waals surface area (Å²) in [4.78, 5) is 28.6. The lowest BCUT2D eigenvalue weighted by Gasteiger charge is -2.30. The predicted molar refractivity (Wildman–Crippen MR) is 94.7 cm³/mol. The Morgan fingerprint density at radius 1 is 1.36 bits per heavy atom. The van der Waals surface area contributed by atoms with E-state index >= 15 is 0 Å². The van der Waals surface area contributed by atoms with Crippen molar-refractivity contribution in [3.8, 4) is 0 Å². The Bertz CT molecular complexity index is 564. The molecular formula is C19H29N3O3. The summed E-state index contributed by atoms with van der Waals surface area (Å²) < 4.78 is 5.28. The lowest BCUT2D eigenvalue weighted by atomic mass is 9.99. The van der Waals surface area contributed by atoms with Gasteiger partial charge in [0.05, 0.1) is 18.7 Å². The summed E-state index contributed by atoms with van der Waals surface area (Å²) in [5, 5.41) is 3.00. The lowest BCUT2D eigenvalue weighted by Crippen LogP contribution is -2.37. The molecule has 0 spiro atoms. The van der Waals surface area contributed by atoms with E-state index in [9.17, 15) is 9.59 Å². The smallest absolute Gasteiger partial charge is 0.225 e. The number of nitrogens with one attached hydrogen (secondary N) is 1. The highest BCUT2D eigenvalue weighted by molar-refractivity contribution is 5.89. The zero-order chi connectivity index (χ0) is 17.6. The van der Waals surface area contributed by atoms with Crippen LogP contribution in [0.5, 0.6) is 0 Å². The molecule has 6 nitrogen and oxygen atoms in total. The number of nitrogens with zero attached hydrogens (tertiary/aromatic N) is 2. The first-order valence-electron chi connectivity index (χ1n) is 9.42. The van der Waals surface area contributed by atoms with Gasteiger partial charge in [0, 0.05) is 19.5 Å². The first-order chi connectivity index (χ1) is 12.1. The molecule has 3 rings (SSSR count). The summed E-state index contributed by atoms with van der Waals surface area (Å²) in [5.74, 6) is 1.39. The van der Waals surface area contributed by atoms with Crippen LogP contribution in [0.2, 0.25) is 0 Å². The average Bonchev–Trinajstić information content (AvgIpc) is 3.24. The normalized spacial score (nSPS) is 22.5. The average molecular weight is 347 g/mol. The van der Waals surface area contributed by atoms with E-state index in [1.54, 1.807) is 11.2 Å². The number of rotatable bonds is 7. The largest absolute Gasteiger partial charge is 0.467 e. The number of carbonyl (C=O) groups is 2. The first kappa shape index (κ1) is 18.0. The molecule has 1 unspecified atom stereocenters. The van der Waals surface area contributed by atoms with Gasteiger partial charge in [0.2, 0.25) is 11.8 Å². The van der Waals surface area contributed by atoms with Crippen LogP contribution in [-0.2, 0) is 16.1 Å². The third-order valence-corrected chi connectivity index (χ3v) is 5.34. The van der Waals surface area contributed by atoms with Crippen LogP contribution >= 0.6 is 0 Å². The van der Waals surface area contributed by atoms with E-state index in [-0.39, 0.29) is 17.7 Å². The first-order valence-corrected chi connectivity index (χ1v) is 9.42. The van der Waals surface area contributed by atoms with Crippen LogP contribution in [-0.4, -0.2) is 54.3 Å². The van der Waals surface area contributed by atoms with E-state index in [4.69, 9.17) is 4.42 Å². The SMILES string of the molecule is CC1CCN(CCCNC(=O)C2CC(=O)N(Cc3ccco3)C2)CC1. The Morgan fingerprint density at radius 2 is 2.16 bits per heavy atom. The fourth-order valence-corrected chi connectivity index (χ4v) is 3.64. The topological polar surface area (TPSA) is 65.8 Å². The maximum Gasteiger partial charge on any atom is 0.225 e. The van der Waals surface area contributed by atoms with E-state index < -0.39 is 0 Å². The summed E-state index contributed by atoms with van der Waals surface area (Å²) in [6.45, 7) is 7.32. The number of amides is 2. The zero-order valence-electron chi connectivity index (χ0n) is 15.1. The van der Waals surface area contributed by atoms with Crippen LogP contribution < -0.4 is 5.32 Å². The molecule has 0 radical (unpaired) electrons. The maximum atomic E-state index is 12.3. The highest BCUT2D eigenvalue weighted by Crippen LogP contribution is 2.20. The molecule has 3 heterocycles. The van der Waals surface area contributed by atoms with E-state index in [1.165, 1.54) is 25.9 Å². The third-order valence-electron chi connectivity index (χ3n) is 5.34. The molecule has 0 aliphatic carbocycles. The fraction of sp³-hybridized carbons (Fsp3) is 0.684. The Labute approximate surface area is 149 Å². The summed E-state index contributed by atoms with van der Waals surface area (Å²) in [6, 6.07) is 3.66. The Kier molecular flexibility index (Phi) is 6.13. The number of hydrogen-bond acceptors (Lipinski definition) is 4. The van der Waals surface area contributed by atoms with Crippen molar-refractivity contribution in [1.82, 2.24) is 15.1 Å². The molecule has 2 amide bonds. The Hall–Kier alpha value is -1.82. The molecule has 2 aliphatic heterocycles. The molecule has 0 saturated carbocycles. The van der Waals surface area contributed by atoms with Crippen molar-refractivity contribution >= 4 is 11.8 Å². The quantitative estimate of drug-likeness (QED) is 0.765. The minimum atomic E-state index is -0.238. The predicted octanol–water partition coefficient (Wildman–Crippen LogP) is 1.87. The van der Waals surface area contributed by atoms with Gasteiger partial charge in [-0.2, -0.15) is 0 Å². The van der Waals surface area contributed by atoms with Crippen molar-refractivity contribution < 1.29 is 14.0 Å². The molecule has 2 fully saturated rings. The van der Waals surface area contributed by atoms with Gasteiger partial charge in [-0.3, -0.25) is 9.59 Å². The molecule has 2 saturated heterocycles. The molecular weight excluding hydrogens is 318 g/mol. The second kappa shape index (κ2) is 8.52. The van der Waals surface area contributed by atoms with Gasteiger partial charge in [0.15, 0.2) is 0 Å². The lowest BCUT2D eigenvalue weighted by molar-refractivity contribution is -0.129. The van der Waals surface area contributed by atoms with Crippen molar-refractivity contribution in [3.63, 3.8) is 0 Å². The minimum absolute atomic E-state index is 0.00237. The van der Waals surface area contributed by atoms with Gasteiger partial charge in [-0.15, -0.1) is 0 Å². The number of carbonyl (C=O) groups excluding carboxylic acids is 2. The zero-order valence-corrected chi connectivity index (χ0v) is 15.1. The van der Waals surface area contributed by atoms with Gasteiger partial charge < -0.3 is 19.5 Å². The molecule has 0 bridgehead atoms. The summed E-state index contributed by atoms with van der Waals surface area (Å²) in [7, 11) is 0. The van der Waals surface area contributed by atoms with Crippen LogP contribution in [0.1, 0.15) is 38.4 Å². The van der Waals surface area contributed by atoms with Crippen molar-refractivity contribution in [3.05, 3.63) is 24.2 Å². The highest BCUT2D eigenvalue weighted by atomic mass is 16.3. The van der Waals surface area contributed by atoms with Crippen molar-refractivity contribution in [1.29, 1.82) is 0 Å². The maximum absolute atomic E-state index is 12.3. The second-order valence-electron chi connectivity index (χ2n) is 7.42. The molecule has 6 heteroatoms. The number of likely N-dealkylation sites (tertiary alicyclic amines) is 2. The highest BCUT2D eigenvalue weighted by Gasteiger charge is 2.34. The van der Waals surface area contributed by atoms with E-state index in [0.717, 1.165) is 24.6 Å². The van der Waals surface area contributed by atoms with E-state index in [0.29, 0.717) is 26.1 Å². The van der Waals surface area contributed by atoms with Crippen LogP contribution in [0.3, 0.4) is 0 Å². The molecule has 1 aromatic heterocycles. The van der Waals surface area contributed by atoms with Gasteiger partial charge in [0.1, 0.15) is 5.76 Å². The standard InChI is InChI=1S/C19H29N3O3/c1-15-5-9-21(10-6-15)8-3-7-20-19(24)16-12-18(23)22(13-16)14-17-4-2-11-25-17/h2,4,11,15-16H,3,5-10,12-14H2,1H3,(H,20,24). The molecule has 0 aromatic carbocycles. The Morgan fingerprint density at radius 3 is 2.88 bits per heavy atom. The van der Waals surface area contributed by atoms with Crippen molar-refractivity contribution in [2.75, 3.05) is 32.7 Å². The molecule has 1 atom stereocenters. The molecule has 2 aliphatic rings. The van der Waals surface area contributed by atoms with E-state index in [1.807, 2.05) is 12.1 Å². The van der Waals surface area contributed by atoms with Gasteiger partial charge in [0.25, 0.3) is 0 Å². The third kappa shape index (κ3) is 5.08. The van der Waals surface area contributed by atoms with E-state index in [2.05, 4.69) is 17.1 Å². The van der Waals surface area contributed by atoms with Gasteiger partial charge in [-0.05, 0) is 56.9 Å². The molecule has 25 heavy (non-hydrogen) atoms. The minimum Gasteiger partial charge on any atom is -0.467 e. The molecule has 1 N–H and O–H groups in total. The second-order valence-corrected chi connectivity index (χ2v) is 7.42. The number of hydrogen-bond donors (Lipinski definition) is 1. The molecule has 138 valence electrons. The van der Waals surface area contributed by atoms with Gasteiger partial charge in [-0.1, -0.05) is 6.92 Å². The van der Waals surface area contributed by atoms with Gasteiger partial charge >= 0.3 is 0 Å². The van der Waals surface area contributed by atoms with Crippen molar-refractivity contribution in [2.45, 2.75) is 39.2 Å². The van der Waals surface area contributed by atoms with Gasteiger partial charge in [-0.25, -0.2) is 0 Å².